The van der Waals surface area contributed by atoms with Crippen LogP contribution in [0.1, 0.15) is 42.5 Å². The van der Waals surface area contributed by atoms with E-state index in [-0.39, 0.29) is 36.6 Å². The lowest BCUT2D eigenvalue weighted by Gasteiger charge is -2.43. The summed E-state index contributed by atoms with van der Waals surface area (Å²) >= 11 is 1.43. The number of ketones is 1. The van der Waals surface area contributed by atoms with Gasteiger partial charge in [-0.3, -0.25) is 19.5 Å². The van der Waals surface area contributed by atoms with Crippen LogP contribution in [-0.2, 0) is 23.9 Å². The summed E-state index contributed by atoms with van der Waals surface area (Å²) in [6.07, 6.45) is 3.35. The van der Waals surface area contributed by atoms with Crippen molar-refractivity contribution in [3.8, 4) is 0 Å². The van der Waals surface area contributed by atoms with Gasteiger partial charge in [-0.05, 0) is 61.5 Å². The Bertz CT molecular complexity index is 1500. The summed E-state index contributed by atoms with van der Waals surface area (Å²) < 4.78 is 25.3. The molecule has 3 heterocycles. The fourth-order valence-corrected chi connectivity index (χ4v) is 6.36. The van der Waals surface area contributed by atoms with E-state index in [0.29, 0.717) is 16.9 Å². The highest BCUT2D eigenvalue weighted by Gasteiger charge is 2.51. The molecule has 1 aliphatic carbocycles. The maximum absolute atomic E-state index is 14.6. The topological polar surface area (TPSA) is 112 Å². The van der Waals surface area contributed by atoms with Gasteiger partial charge in [-0.2, -0.15) is 0 Å². The third-order valence-electron chi connectivity index (χ3n) is 7.07. The van der Waals surface area contributed by atoms with Gasteiger partial charge >= 0.3 is 11.9 Å². The van der Waals surface area contributed by atoms with E-state index in [2.05, 4.69) is 4.98 Å². The zero-order valence-corrected chi connectivity index (χ0v) is 22.8. The molecule has 0 fully saturated rings. The molecule has 3 atom stereocenters. The molecular formula is C30H28FN3O5S. The molecule has 0 bridgehead atoms. The number of allylic oxidation sites excluding steroid dienone is 2. The Kier molecular flexibility index (Phi) is 7.79. The number of nitrogens with zero attached hydrogens (tertiary/aromatic N) is 2. The maximum Gasteiger partial charge on any atom is 0.338 e. The number of hydrogen-bond acceptors (Lipinski definition) is 9. The Morgan fingerprint density at radius 3 is 2.58 bits per heavy atom. The molecule has 3 aromatic rings. The van der Waals surface area contributed by atoms with Crippen LogP contribution in [0.3, 0.4) is 0 Å². The van der Waals surface area contributed by atoms with Crippen LogP contribution in [0.25, 0.3) is 0 Å². The summed E-state index contributed by atoms with van der Waals surface area (Å²) in [5.74, 6) is -4.99. The van der Waals surface area contributed by atoms with Gasteiger partial charge in [-0.1, -0.05) is 18.2 Å². The summed E-state index contributed by atoms with van der Waals surface area (Å²) in [7, 11) is 0. The van der Waals surface area contributed by atoms with Crippen LogP contribution in [0.15, 0.2) is 89.0 Å². The average molecular weight is 562 g/mol. The molecule has 0 saturated carbocycles. The quantitative estimate of drug-likeness (QED) is 0.323. The monoisotopic (exact) mass is 561 g/mol. The Hall–Kier alpha value is -4.31. The molecule has 0 amide bonds. The van der Waals surface area contributed by atoms with Crippen molar-refractivity contribution in [3.05, 3.63) is 105 Å². The number of nitrogens with two attached hydrogens (primary N) is 1. The van der Waals surface area contributed by atoms with E-state index >= 15 is 0 Å². The Balaban J connectivity index is 1.81. The Labute approximate surface area is 234 Å². The number of hydrogen-bond donors (Lipinski definition) is 1. The van der Waals surface area contributed by atoms with Crippen molar-refractivity contribution in [3.63, 3.8) is 0 Å². The Morgan fingerprint density at radius 2 is 1.93 bits per heavy atom. The SMILES string of the molecule is CCOC(=O)C1=C(N)N(c2cccc(F)c2)C2=C(C(=O)[C@H](C(=O)OCC)[C@@H](c3cccs3)C2)[C@H]1c1cccnc1. The van der Waals surface area contributed by atoms with Gasteiger partial charge in [0.1, 0.15) is 17.6 Å². The molecule has 8 nitrogen and oxygen atoms in total. The summed E-state index contributed by atoms with van der Waals surface area (Å²) in [4.78, 5) is 48.0. The highest BCUT2D eigenvalue weighted by molar-refractivity contribution is 7.10. The van der Waals surface area contributed by atoms with Gasteiger partial charge in [-0.25, -0.2) is 9.18 Å². The summed E-state index contributed by atoms with van der Waals surface area (Å²) in [5, 5.41) is 1.88. The molecular weight excluding hydrogens is 533 g/mol. The van der Waals surface area contributed by atoms with Gasteiger partial charge in [-0.15, -0.1) is 11.3 Å². The standard InChI is InChI=1S/C30H28FN3O5S/c1-3-38-29(36)24-20(22-11-7-13-40-22)15-21-25(27(24)35)23(17-8-6-12-33-16-17)26(30(37)39-4-2)28(32)34(21)19-10-5-9-18(31)14-19/h5-14,16,20,23-24H,3-4,15,32H2,1-2H3/t20-,23-,24-/m1/s1. The van der Waals surface area contributed by atoms with Gasteiger partial charge in [0.2, 0.25) is 0 Å². The predicted molar refractivity (Wildman–Crippen MR) is 148 cm³/mol. The molecule has 0 saturated heterocycles. The molecule has 5 rings (SSSR count). The number of halogens is 1. The molecule has 0 unspecified atom stereocenters. The zero-order chi connectivity index (χ0) is 28.4. The number of carbonyl (C=O) groups is 3. The molecule has 206 valence electrons. The van der Waals surface area contributed by atoms with Crippen LogP contribution in [-0.4, -0.2) is 35.9 Å². The number of anilines is 1. The maximum atomic E-state index is 14.6. The summed E-state index contributed by atoms with van der Waals surface area (Å²) in [5.41, 5.74) is 8.33. The van der Waals surface area contributed by atoms with Crippen molar-refractivity contribution in [1.29, 1.82) is 0 Å². The minimum atomic E-state index is -1.14. The van der Waals surface area contributed by atoms with Crippen molar-refractivity contribution in [2.24, 2.45) is 11.7 Å². The van der Waals surface area contributed by atoms with Crippen molar-refractivity contribution >= 4 is 34.7 Å². The number of carbonyl (C=O) groups excluding carboxylic acids is 3. The Morgan fingerprint density at radius 1 is 1.12 bits per heavy atom. The lowest BCUT2D eigenvalue weighted by atomic mass is 9.68. The van der Waals surface area contributed by atoms with Gasteiger partial charge < -0.3 is 15.2 Å². The fourth-order valence-electron chi connectivity index (χ4n) is 5.50. The number of benzene rings is 1. The largest absolute Gasteiger partial charge is 0.465 e. The van der Waals surface area contributed by atoms with Crippen molar-refractivity contribution in [2.45, 2.75) is 32.1 Å². The van der Waals surface area contributed by atoms with Crippen LogP contribution in [0.5, 0.6) is 0 Å². The first-order valence-corrected chi connectivity index (χ1v) is 13.8. The number of rotatable bonds is 7. The van der Waals surface area contributed by atoms with Crippen molar-refractivity contribution in [1.82, 2.24) is 4.98 Å². The lowest BCUT2D eigenvalue weighted by molar-refractivity contribution is -0.152. The van der Waals surface area contributed by atoms with Crippen LogP contribution >= 0.6 is 11.3 Å². The number of Topliss-reactive ketones (excluding diaryl/α,β-unsaturated/α-hetero) is 1. The second-order valence-electron chi connectivity index (χ2n) is 9.33. The van der Waals surface area contributed by atoms with Crippen LogP contribution < -0.4 is 10.6 Å². The molecule has 1 aliphatic heterocycles. The second-order valence-corrected chi connectivity index (χ2v) is 10.3. The minimum absolute atomic E-state index is 0.0170. The first-order valence-electron chi connectivity index (χ1n) is 13.0. The van der Waals surface area contributed by atoms with E-state index in [4.69, 9.17) is 15.2 Å². The summed E-state index contributed by atoms with van der Waals surface area (Å²) in [6, 6.07) is 12.9. The zero-order valence-electron chi connectivity index (χ0n) is 22.0. The molecule has 40 heavy (non-hydrogen) atoms. The third-order valence-corrected chi connectivity index (χ3v) is 8.07. The fraction of sp³-hybridized carbons (Fsp3) is 0.267. The molecule has 2 N–H and O–H groups in total. The molecule has 0 radical (unpaired) electrons. The average Bonchev–Trinajstić information content (AvgIpc) is 3.48. The van der Waals surface area contributed by atoms with Crippen LogP contribution in [0.2, 0.25) is 0 Å². The van der Waals surface area contributed by atoms with Crippen molar-refractivity contribution in [2.75, 3.05) is 18.1 Å². The van der Waals surface area contributed by atoms with Crippen molar-refractivity contribution < 1.29 is 28.2 Å². The minimum Gasteiger partial charge on any atom is -0.465 e. The number of ether oxygens (including phenoxy) is 2. The smallest absolute Gasteiger partial charge is 0.338 e. The highest BCUT2D eigenvalue weighted by Crippen LogP contribution is 2.52. The van der Waals surface area contributed by atoms with Gasteiger partial charge in [0.05, 0.1) is 30.4 Å². The molecule has 1 aromatic carbocycles. The molecule has 0 spiro atoms. The van der Waals surface area contributed by atoms with Gasteiger partial charge in [0.25, 0.3) is 0 Å². The number of aromatic nitrogens is 1. The normalized spacial score (nSPS) is 20.8. The van der Waals surface area contributed by atoms with E-state index in [9.17, 15) is 18.8 Å². The van der Waals surface area contributed by atoms with Gasteiger partial charge in [0.15, 0.2) is 5.78 Å². The van der Waals surface area contributed by atoms with E-state index < -0.39 is 41.3 Å². The highest BCUT2D eigenvalue weighted by atomic mass is 32.1. The van der Waals surface area contributed by atoms with Gasteiger partial charge in [0, 0.05) is 34.5 Å². The predicted octanol–water partition coefficient (Wildman–Crippen LogP) is 4.81. The molecule has 2 aromatic heterocycles. The third kappa shape index (κ3) is 4.79. The number of esters is 2. The lowest BCUT2D eigenvalue weighted by Crippen LogP contribution is -2.46. The number of thiophene rings is 1. The first kappa shape index (κ1) is 27.3. The summed E-state index contributed by atoms with van der Waals surface area (Å²) in [6.45, 7) is 3.53. The van der Waals surface area contributed by atoms with E-state index in [1.165, 1.54) is 34.4 Å². The van der Waals surface area contributed by atoms with E-state index in [1.807, 2.05) is 17.5 Å². The first-order chi connectivity index (χ1) is 19.4. The molecule has 10 heteroatoms. The van der Waals surface area contributed by atoms with Crippen LogP contribution in [0.4, 0.5) is 10.1 Å². The van der Waals surface area contributed by atoms with E-state index in [0.717, 1.165) is 4.88 Å². The van der Waals surface area contributed by atoms with E-state index in [1.54, 1.807) is 44.4 Å². The molecule has 2 aliphatic rings. The number of pyridine rings is 1. The van der Waals surface area contributed by atoms with Crippen LogP contribution in [0, 0.1) is 11.7 Å². The second kappa shape index (κ2) is 11.4.